The first-order valence-electron chi connectivity index (χ1n) is 11.7. The minimum absolute atomic E-state index is 0.0159. The number of benzene rings is 2. The summed E-state index contributed by atoms with van der Waals surface area (Å²) in [5.74, 6) is -0.431. The standard InChI is InChI=1S/2C12H17N3O.H2O4S/c2*1-8-6-10(2-3-11(8)13)15-5-4-9(7-15)12(14)16;1-5(2,3)4/h2*2-3,6,9H,4-5,7,13H2,1H3,(H2,14,16);(H2,1,2,3,4). The fraction of sp³-hybridized carbons (Fsp3) is 0.417. The second kappa shape index (κ2) is 12.6. The van der Waals surface area contributed by atoms with Crippen LogP contribution in [0.1, 0.15) is 24.0 Å². The van der Waals surface area contributed by atoms with Gasteiger partial charge in [-0.3, -0.25) is 18.7 Å². The van der Waals surface area contributed by atoms with Gasteiger partial charge in [-0.15, -0.1) is 0 Å². The molecule has 0 saturated carbocycles. The second-order valence-corrected chi connectivity index (χ2v) is 10.1. The number of amides is 2. The van der Waals surface area contributed by atoms with Gasteiger partial charge in [0.2, 0.25) is 11.8 Å². The highest BCUT2D eigenvalue weighted by molar-refractivity contribution is 7.79. The Morgan fingerprint density at radius 3 is 1.35 bits per heavy atom. The average molecular weight is 537 g/mol. The van der Waals surface area contributed by atoms with Crippen LogP contribution in [0.15, 0.2) is 36.4 Å². The van der Waals surface area contributed by atoms with Crippen LogP contribution in [0.4, 0.5) is 22.7 Å². The molecule has 0 aromatic heterocycles. The zero-order valence-corrected chi connectivity index (χ0v) is 21.8. The summed E-state index contributed by atoms with van der Waals surface area (Å²) >= 11 is 0. The molecular formula is C24H36N6O6S. The van der Waals surface area contributed by atoms with E-state index in [0.29, 0.717) is 0 Å². The number of nitrogens with zero attached hydrogens (tertiary/aromatic N) is 2. The van der Waals surface area contributed by atoms with Crippen molar-refractivity contribution in [2.24, 2.45) is 23.3 Å². The van der Waals surface area contributed by atoms with Gasteiger partial charge in [-0.25, -0.2) is 0 Å². The number of hydrogen-bond acceptors (Lipinski definition) is 8. The summed E-state index contributed by atoms with van der Waals surface area (Å²) in [4.78, 5) is 26.5. The van der Waals surface area contributed by atoms with Gasteiger partial charge in [-0.1, -0.05) is 0 Å². The van der Waals surface area contributed by atoms with Crippen LogP contribution in [0, 0.1) is 25.7 Å². The zero-order valence-electron chi connectivity index (χ0n) is 21.0. The van der Waals surface area contributed by atoms with E-state index in [2.05, 4.69) is 21.9 Å². The van der Waals surface area contributed by atoms with E-state index in [9.17, 15) is 9.59 Å². The molecule has 2 heterocycles. The van der Waals surface area contributed by atoms with Gasteiger partial charge >= 0.3 is 10.4 Å². The lowest BCUT2D eigenvalue weighted by Gasteiger charge is -2.19. The fourth-order valence-electron chi connectivity index (χ4n) is 4.17. The van der Waals surface area contributed by atoms with Crippen molar-refractivity contribution in [3.8, 4) is 0 Å². The van der Waals surface area contributed by atoms with Gasteiger partial charge in [0.15, 0.2) is 0 Å². The molecule has 2 unspecified atom stereocenters. The number of aryl methyl sites for hydroxylation is 2. The van der Waals surface area contributed by atoms with E-state index in [1.807, 2.05) is 38.1 Å². The van der Waals surface area contributed by atoms with Crippen molar-refractivity contribution in [1.82, 2.24) is 0 Å². The molecule has 2 aliphatic rings. The molecule has 0 aliphatic carbocycles. The molecular weight excluding hydrogens is 500 g/mol. The first-order valence-corrected chi connectivity index (χ1v) is 13.1. The summed E-state index contributed by atoms with van der Waals surface area (Å²) in [5, 5.41) is 0. The van der Waals surface area contributed by atoms with Gasteiger partial charge in [0.25, 0.3) is 0 Å². The molecule has 2 atom stereocenters. The molecule has 0 bridgehead atoms. The summed E-state index contributed by atoms with van der Waals surface area (Å²) in [5.41, 5.74) is 28.1. The van der Waals surface area contributed by atoms with E-state index >= 15 is 0 Å². The van der Waals surface area contributed by atoms with Gasteiger partial charge in [-0.05, 0) is 74.2 Å². The lowest BCUT2D eigenvalue weighted by molar-refractivity contribution is -0.121. The number of nitrogen functional groups attached to an aromatic ring is 2. The maximum absolute atomic E-state index is 11.1. The van der Waals surface area contributed by atoms with Crippen molar-refractivity contribution in [3.05, 3.63) is 47.5 Å². The van der Waals surface area contributed by atoms with Gasteiger partial charge < -0.3 is 32.7 Å². The normalized spacial score (nSPS) is 18.9. The van der Waals surface area contributed by atoms with Crippen molar-refractivity contribution in [2.75, 3.05) is 47.4 Å². The van der Waals surface area contributed by atoms with Crippen LogP contribution in [-0.4, -0.2) is 55.5 Å². The number of primary amides is 2. The topological polar surface area (TPSA) is 219 Å². The Balaban J connectivity index is 0.000000221. The Labute approximate surface area is 217 Å². The van der Waals surface area contributed by atoms with Crippen LogP contribution in [0.5, 0.6) is 0 Å². The molecule has 2 aliphatic heterocycles. The highest BCUT2D eigenvalue weighted by Gasteiger charge is 2.27. The molecule has 10 N–H and O–H groups in total. The first kappa shape index (κ1) is 29.7. The van der Waals surface area contributed by atoms with Gasteiger partial charge in [0.05, 0.1) is 11.8 Å². The number of carbonyl (C=O) groups is 2. The largest absolute Gasteiger partial charge is 0.399 e. The van der Waals surface area contributed by atoms with Gasteiger partial charge in [-0.2, -0.15) is 8.42 Å². The van der Waals surface area contributed by atoms with Crippen molar-refractivity contribution in [2.45, 2.75) is 26.7 Å². The highest BCUT2D eigenvalue weighted by Crippen LogP contribution is 2.27. The number of carbonyl (C=O) groups excluding carboxylic acids is 2. The van der Waals surface area contributed by atoms with E-state index in [1.165, 1.54) is 0 Å². The highest BCUT2D eigenvalue weighted by atomic mass is 32.3. The van der Waals surface area contributed by atoms with Gasteiger partial charge in [0, 0.05) is 48.9 Å². The van der Waals surface area contributed by atoms with E-state index in [0.717, 1.165) is 72.9 Å². The number of hydrogen-bond donors (Lipinski definition) is 6. The van der Waals surface area contributed by atoms with E-state index in [4.69, 9.17) is 40.5 Å². The second-order valence-electron chi connectivity index (χ2n) is 9.20. The molecule has 0 spiro atoms. The molecule has 2 saturated heterocycles. The Bertz CT molecular complexity index is 1130. The summed E-state index contributed by atoms with van der Waals surface area (Å²) in [6.45, 7) is 7.19. The predicted octanol–water partition coefficient (Wildman–Crippen LogP) is 1.12. The Morgan fingerprint density at radius 1 is 0.784 bits per heavy atom. The first-order chi connectivity index (χ1) is 17.2. The number of rotatable bonds is 4. The lowest BCUT2D eigenvalue weighted by Crippen LogP contribution is -2.27. The van der Waals surface area contributed by atoms with Gasteiger partial charge in [0.1, 0.15) is 0 Å². The lowest BCUT2D eigenvalue weighted by atomic mass is 10.1. The summed E-state index contributed by atoms with van der Waals surface area (Å²) < 4.78 is 31.6. The van der Waals surface area contributed by atoms with E-state index in [-0.39, 0.29) is 23.7 Å². The number of nitrogens with two attached hydrogens (primary N) is 4. The maximum atomic E-state index is 11.1. The zero-order chi connectivity index (χ0) is 27.9. The van der Waals surface area contributed by atoms with Crippen LogP contribution in [-0.2, 0) is 20.0 Å². The van der Waals surface area contributed by atoms with Crippen molar-refractivity contribution in [1.29, 1.82) is 0 Å². The smallest absolute Gasteiger partial charge is 0.394 e. The third kappa shape index (κ3) is 9.44. The minimum Gasteiger partial charge on any atom is -0.399 e. The molecule has 37 heavy (non-hydrogen) atoms. The predicted molar refractivity (Wildman–Crippen MR) is 144 cm³/mol. The monoisotopic (exact) mass is 536 g/mol. The fourth-order valence-corrected chi connectivity index (χ4v) is 4.17. The van der Waals surface area contributed by atoms with Crippen LogP contribution >= 0.6 is 0 Å². The quantitative estimate of drug-likeness (QED) is 0.241. The van der Waals surface area contributed by atoms with Crippen molar-refractivity contribution < 1.29 is 27.1 Å². The molecule has 2 aromatic carbocycles. The Hall–Kier alpha value is -3.55. The summed E-state index contributed by atoms with van der Waals surface area (Å²) in [6, 6.07) is 11.9. The van der Waals surface area contributed by atoms with Crippen LogP contribution in [0.3, 0.4) is 0 Å². The molecule has 0 radical (unpaired) electrons. The molecule has 13 heteroatoms. The molecule has 2 amide bonds. The van der Waals surface area contributed by atoms with Crippen molar-refractivity contribution >= 4 is 45.0 Å². The van der Waals surface area contributed by atoms with Crippen LogP contribution in [0.25, 0.3) is 0 Å². The van der Waals surface area contributed by atoms with Crippen LogP contribution < -0.4 is 32.7 Å². The Morgan fingerprint density at radius 2 is 1.11 bits per heavy atom. The Kier molecular flexibility index (Phi) is 10.1. The molecule has 204 valence electrons. The van der Waals surface area contributed by atoms with E-state index < -0.39 is 10.4 Å². The molecule has 12 nitrogen and oxygen atoms in total. The average Bonchev–Trinajstić information content (AvgIpc) is 3.47. The maximum Gasteiger partial charge on any atom is 0.394 e. The summed E-state index contributed by atoms with van der Waals surface area (Å²) in [6.07, 6.45) is 1.69. The molecule has 4 rings (SSSR count). The SMILES string of the molecule is Cc1cc(N2CCC(C(N)=O)C2)ccc1N.Cc1cc(N2CCC(C(N)=O)C2)ccc1N.O=S(=O)(O)O. The number of anilines is 4. The third-order valence-electron chi connectivity index (χ3n) is 6.42. The molecule has 2 fully saturated rings. The van der Waals surface area contributed by atoms with Crippen molar-refractivity contribution in [3.63, 3.8) is 0 Å². The van der Waals surface area contributed by atoms with E-state index in [1.54, 1.807) is 0 Å². The molecule has 2 aromatic rings. The minimum atomic E-state index is -4.67. The van der Waals surface area contributed by atoms with Crippen LogP contribution in [0.2, 0.25) is 0 Å². The third-order valence-corrected chi connectivity index (χ3v) is 6.42. The summed E-state index contributed by atoms with van der Waals surface area (Å²) in [7, 11) is -4.67.